The molecule has 0 fully saturated rings. The first-order chi connectivity index (χ1) is 10.5. The van der Waals surface area contributed by atoms with Gasteiger partial charge in [0.15, 0.2) is 0 Å². The molecule has 25 heavy (non-hydrogen) atoms. The summed E-state index contributed by atoms with van der Waals surface area (Å²) in [5.74, 6) is 1.34. The molecule has 8 heteroatoms. The zero-order chi connectivity index (χ0) is 17.8. The van der Waals surface area contributed by atoms with Crippen molar-refractivity contribution in [3.05, 3.63) is 35.4 Å². The van der Waals surface area contributed by atoms with Gasteiger partial charge in [0.1, 0.15) is 11.5 Å². The maximum absolute atomic E-state index is 10.9. The van der Waals surface area contributed by atoms with Crippen LogP contribution in [0.2, 0.25) is 0 Å². The third-order valence-electron chi connectivity index (χ3n) is 3.18. The van der Waals surface area contributed by atoms with Crippen LogP contribution in [0.5, 0.6) is 5.75 Å². The Balaban J connectivity index is 0. The predicted molar refractivity (Wildman–Crippen MR) is 94.7 cm³/mol. The molecule has 0 radical (unpaired) electrons. The van der Waals surface area contributed by atoms with Crippen molar-refractivity contribution in [2.75, 3.05) is 0 Å². The standard InChI is InChI=1S/C17H27O5P.H3N.Na/c1-11(2)16(12(3)4)17(21-13(5)6)14-8-7-9-15(10-14)22-23(18,19)20;;/h7-13H,1-6H3,(H2,18,19,20);1H3;/q;;+1/p-1. The summed E-state index contributed by atoms with van der Waals surface area (Å²) in [4.78, 5) is 19.8. The van der Waals surface area contributed by atoms with Crippen molar-refractivity contribution in [3.63, 3.8) is 0 Å². The third-order valence-corrected chi connectivity index (χ3v) is 3.62. The van der Waals surface area contributed by atoms with E-state index in [-0.39, 0.29) is 59.4 Å². The van der Waals surface area contributed by atoms with Crippen molar-refractivity contribution < 1.29 is 53.2 Å². The van der Waals surface area contributed by atoms with E-state index in [1.54, 1.807) is 12.1 Å². The van der Waals surface area contributed by atoms with E-state index in [2.05, 4.69) is 32.2 Å². The van der Waals surface area contributed by atoms with Crippen LogP contribution in [0, 0.1) is 11.8 Å². The van der Waals surface area contributed by atoms with E-state index in [0.29, 0.717) is 0 Å². The Hall–Kier alpha value is -0.330. The van der Waals surface area contributed by atoms with Crippen LogP contribution < -0.4 is 45.1 Å². The molecule has 0 aliphatic heterocycles. The van der Waals surface area contributed by atoms with Gasteiger partial charge < -0.3 is 25.2 Å². The number of allylic oxidation sites excluding steroid dienone is 1. The van der Waals surface area contributed by atoms with Gasteiger partial charge in [-0.15, -0.1) is 0 Å². The molecule has 0 saturated heterocycles. The molecule has 6 nitrogen and oxygen atoms in total. The van der Waals surface area contributed by atoms with Crippen molar-refractivity contribution in [2.24, 2.45) is 11.8 Å². The zero-order valence-corrected chi connectivity index (χ0v) is 19.2. The first-order valence-electron chi connectivity index (χ1n) is 7.75. The summed E-state index contributed by atoms with van der Waals surface area (Å²) in [5, 5.41) is 0. The fraction of sp³-hybridized carbons (Fsp3) is 0.529. The van der Waals surface area contributed by atoms with Gasteiger partial charge in [0, 0.05) is 5.56 Å². The number of hydrogen-bond acceptors (Lipinski definition) is 5. The molecular weight excluding hydrogens is 352 g/mol. The molecule has 1 aromatic carbocycles. The van der Waals surface area contributed by atoms with Gasteiger partial charge in [-0.25, -0.2) is 0 Å². The molecule has 4 N–H and O–H groups in total. The third kappa shape index (κ3) is 9.25. The molecule has 0 aromatic heterocycles. The maximum atomic E-state index is 10.9. The molecule has 0 aliphatic carbocycles. The fourth-order valence-electron chi connectivity index (χ4n) is 2.56. The Kier molecular flexibility index (Phi) is 12.3. The number of hydrogen-bond donors (Lipinski definition) is 2. The zero-order valence-electron chi connectivity index (χ0n) is 16.3. The van der Waals surface area contributed by atoms with E-state index in [4.69, 9.17) is 9.63 Å². The summed E-state index contributed by atoms with van der Waals surface area (Å²) in [5.41, 5.74) is 1.87. The summed E-state index contributed by atoms with van der Waals surface area (Å²) in [6, 6.07) is 6.54. The minimum Gasteiger partial charge on any atom is -0.746 e. The van der Waals surface area contributed by atoms with Crippen LogP contribution in [-0.4, -0.2) is 11.0 Å². The summed E-state index contributed by atoms with van der Waals surface area (Å²) in [6.45, 7) is 12.3. The number of benzene rings is 1. The second kappa shape index (κ2) is 11.4. The van der Waals surface area contributed by atoms with Crippen LogP contribution in [0.3, 0.4) is 0 Å². The van der Waals surface area contributed by atoms with Crippen LogP contribution in [-0.2, 0) is 9.30 Å². The second-order valence-electron chi connectivity index (χ2n) is 6.35. The molecule has 1 atom stereocenters. The van der Waals surface area contributed by atoms with E-state index in [0.717, 1.165) is 16.9 Å². The molecule has 0 spiro atoms. The summed E-state index contributed by atoms with van der Waals surface area (Å²) in [6.07, 6.45) is -0.0227. The Morgan fingerprint density at radius 3 is 2.04 bits per heavy atom. The minimum absolute atomic E-state index is 0. The summed E-state index contributed by atoms with van der Waals surface area (Å²) in [7, 11) is -4.83. The molecule has 0 aliphatic rings. The topological polar surface area (TPSA) is 114 Å². The van der Waals surface area contributed by atoms with E-state index in [1.165, 1.54) is 6.07 Å². The molecular formula is C17H29NNaO5P. The maximum Gasteiger partial charge on any atom is 1.00 e. The van der Waals surface area contributed by atoms with Gasteiger partial charge in [0.25, 0.3) is 0 Å². The Bertz CT molecular complexity index is 601. The van der Waals surface area contributed by atoms with Crippen molar-refractivity contribution in [1.82, 2.24) is 6.15 Å². The smallest absolute Gasteiger partial charge is 0.746 e. The van der Waals surface area contributed by atoms with Gasteiger partial charge in [-0.05, 0) is 43.4 Å². The van der Waals surface area contributed by atoms with Crippen LogP contribution in [0.15, 0.2) is 29.8 Å². The molecule has 1 unspecified atom stereocenters. The van der Waals surface area contributed by atoms with Gasteiger partial charge in [-0.1, -0.05) is 39.8 Å². The van der Waals surface area contributed by atoms with Crippen molar-refractivity contribution in [2.45, 2.75) is 47.6 Å². The van der Waals surface area contributed by atoms with Crippen molar-refractivity contribution in [3.8, 4) is 5.75 Å². The summed E-state index contributed by atoms with van der Waals surface area (Å²) >= 11 is 0. The predicted octanol–water partition coefficient (Wildman–Crippen LogP) is 1.14. The normalized spacial score (nSPS) is 12.9. The Labute approximate surface area is 173 Å². The first-order valence-corrected chi connectivity index (χ1v) is 9.25. The van der Waals surface area contributed by atoms with Crippen LogP contribution >= 0.6 is 7.82 Å². The summed E-state index contributed by atoms with van der Waals surface area (Å²) < 4.78 is 21.5. The van der Waals surface area contributed by atoms with Gasteiger partial charge in [0.05, 0.1) is 6.10 Å². The van der Waals surface area contributed by atoms with E-state index < -0.39 is 7.82 Å². The van der Waals surface area contributed by atoms with Gasteiger partial charge in [-0.3, -0.25) is 4.57 Å². The van der Waals surface area contributed by atoms with E-state index in [1.807, 2.05) is 19.9 Å². The quantitative estimate of drug-likeness (QED) is 0.416. The SMILES string of the molecule is CC(C)OC(=C(C(C)C)C(C)C)c1cccc(OP(=O)([O-])O)c1.N.[Na+]. The van der Waals surface area contributed by atoms with Gasteiger partial charge >= 0.3 is 37.4 Å². The van der Waals surface area contributed by atoms with Crippen LogP contribution in [0.4, 0.5) is 0 Å². The van der Waals surface area contributed by atoms with Crippen LogP contribution in [0.25, 0.3) is 5.76 Å². The van der Waals surface area contributed by atoms with E-state index in [9.17, 15) is 9.46 Å². The molecule has 1 rings (SSSR count). The molecule has 1 aromatic rings. The van der Waals surface area contributed by atoms with E-state index >= 15 is 0 Å². The second-order valence-corrected chi connectivity index (χ2v) is 7.47. The van der Waals surface area contributed by atoms with Crippen molar-refractivity contribution >= 4 is 13.6 Å². The van der Waals surface area contributed by atoms with Crippen molar-refractivity contribution in [1.29, 1.82) is 0 Å². The van der Waals surface area contributed by atoms with Gasteiger partial charge in [0.2, 0.25) is 0 Å². The fourth-order valence-corrected chi connectivity index (χ4v) is 2.94. The average molecular weight is 381 g/mol. The van der Waals surface area contributed by atoms with Crippen LogP contribution in [0.1, 0.15) is 47.1 Å². The Morgan fingerprint density at radius 2 is 1.64 bits per heavy atom. The number of ether oxygens (including phenoxy) is 1. The molecule has 0 heterocycles. The Morgan fingerprint density at radius 1 is 1.12 bits per heavy atom. The average Bonchev–Trinajstić information content (AvgIpc) is 2.34. The molecule has 0 saturated carbocycles. The minimum atomic E-state index is -4.83. The monoisotopic (exact) mass is 381 g/mol. The number of phosphoric acid groups is 1. The number of rotatable bonds is 7. The largest absolute Gasteiger partial charge is 1.00 e. The first kappa shape index (κ1) is 26.9. The van der Waals surface area contributed by atoms with Gasteiger partial charge in [-0.2, -0.15) is 0 Å². The molecule has 138 valence electrons. The number of phosphoric ester groups is 1. The molecule has 0 amide bonds. The molecule has 0 bridgehead atoms.